The van der Waals surface area contributed by atoms with E-state index in [1.54, 1.807) is 18.5 Å². The van der Waals surface area contributed by atoms with Crippen LogP contribution in [0.5, 0.6) is 0 Å². The van der Waals surface area contributed by atoms with Gasteiger partial charge in [0.05, 0.1) is 6.54 Å². The van der Waals surface area contributed by atoms with Crippen molar-refractivity contribution < 1.29 is 4.79 Å². The highest BCUT2D eigenvalue weighted by molar-refractivity contribution is 5.79. The van der Waals surface area contributed by atoms with Crippen LogP contribution in [0.1, 0.15) is 18.4 Å². The summed E-state index contributed by atoms with van der Waals surface area (Å²) in [6.07, 6.45) is 5.12. The van der Waals surface area contributed by atoms with Crippen LogP contribution in [0.25, 0.3) is 0 Å². The molecule has 0 spiro atoms. The van der Waals surface area contributed by atoms with Crippen LogP contribution < -0.4 is 10.2 Å². The van der Waals surface area contributed by atoms with Gasteiger partial charge in [0.1, 0.15) is 0 Å². The summed E-state index contributed by atoms with van der Waals surface area (Å²) in [7, 11) is 0. The van der Waals surface area contributed by atoms with Crippen LogP contribution in [0.4, 0.5) is 5.95 Å². The Balaban J connectivity index is 1.43. The van der Waals surface area contributed by atoms with Crippen LogP contribution in [0.3, 0.4) is 0 Å². The van der Waals surface area contributed by atoms with E-state index in [0.29, 0.717) is 6.54 Å². The van der Waals surface area contributed by atoms with Gasteiger partial charge in [-0.05, 0) is 31.0 Å². The lowest BCUT2D eigenvalue weighted by Gasteiger charge is -2.31. The van der Waals surface area contributed by atoms with Gasteiger partial charge in [-0.15, -0.1) is 0 Å². The summed E-state index contributed by atoms with van der Waals surface area (Å²) < 4.78 is 0. The highest BCUT2D eigenvalue weighted by Crippen LogP contribution is 2.20. The number of nitrogens with zero attached hydrogens (tertiary/aromatic N) is 3. The molecule has 1 amide bonds. The molecule has 0 atom stereocenters. The molecular formula is C19H20N4O. The normalized spacial score (nSPS) is 14.6. The first-order chi connectivity index (χ1) is 11.8. The molecule has 1 saturated heterocycles. The first kappa shape index (κ1) is 16.0. The SMILES string of the molecule is O=C(NCC#Cc1ccccc1)C1CCN(c2ncccn2)CC1. The summed E-state index contributed by atoms with van der Waals surface area (Å²) >= 11 is 0. The minimum atomic E-state index is 0.0449. The van der Waals surface area contributed by atoms with E-state index in [2.05, 4.69) is 32.0 Å². The summed E-state index contributed by atoms with van der Waals surface area (Å²) in [4.78, 5) is 22.9. The molecule has 1 aliphatic heterocycles. The smallest absolute Gasteiger partial charge is 0.225 e. The summed E-state index contributed by atoms with van der Waals surface area (Å²) in [5.41, 5.74) is 0.961. The second-order valence-corrected chi connectivity index (χ2v) is 5.70. The minimum Gasteiger partial charge on any atom is -0.345 e. The molecule has 1 aromatic carbocycles. The molecule has 5 nitrogen and oxygen atoms in total. The Morgan fingerprint density at radius 1 is 1.12 bits per heavy atom. The summed E-state index contributed by atoms with van der Waals surface area (Å²) in [5.74, 6) is 6.91. The molecule has 5 heteroatoms. The number of hydrogen-bond donors (Lipinski definition) is 1. The number of nitrogens with one attached hydrogen (secondary N) is 1. The van der Waals surface area contributed by atoms with Crippen LogP contribution in [-0.4, -0.2) is 35.5 Å². The fraction of sp³-hybridized carbons (Fsp3) is 0.316. The lowest BCUT2D eigenvalue weighted by molar-refractivity contribution is -0.125. The van der Waals surface area contributed by atoms with E-state index in [1.807, 2.05) is 30.3 Å². The fourth-order valence-corrected chi connectivity index (χ4v) is 2.74. The minimum absolute atomic E-state index is 0.0449. The van der Waals surface area contributed by atoms with Crippen LogP contribution >= 0.6 is 0 Å². The summed E-state index contributed by atoms with van der Waals surface area (Å²) in [5, 5.41) is 2.91. The Hall–Kier alpha value is -2.87. The maximum atomic E-state index is 12.2. The lowest BCUT2D eigenvalue weighted by Crippen LogP contribution is -2.41. The maximum Gasteiger partial charge on any atom is 0.225 e. The second-order valence-electron chi connectivity index (χ2n) is 5.70. The molecule has 3 rings (SSSR count). The monoisotopic (exact) mass is 320 g/mol. The molecule has 0 bridgehead atoms. The zero-order valence-electron chi connectivity index (χ0n) is 13.5. The molecule has 24 heavy (non-hydrogen) atoms. The van der Waals surface area contributed by atoms with Crippen molar-refractivity contribution in [2.45, 2.75) is 12.8 Å². The van der Waals surface area contributed by atoms with Crippen molar-refractivity contribution in [1.29, 1.82) is 0 Å². The van der Waals surface area contributed by atoms with Gasteiger partial charge in [-0.2, -0.15) is 0 Å². The van der Waals surface area contributed by atoms with Crippen LogP contribution in [-0.2, 0) is 4.79 Å². The predicted molar refractivity (Wildman–Crippen MR) is 93.3 cm³/mol. The van der Waals surface area contributed by atoms with Crippen molar-refractivity contribution in [2.75, 3.05) is 24.5 Å². The molecule has 0 radical (unpaired) electrons. The third-order valence-electron chi connectivity index (χ3n) is 4.06. The molecule has 2 aromatic rings. The van der Waals surface area contributed by atoms with Crippen molar-refractivity contribution in [1.82, 2.24) is 15.3 Å². The van der Waals surface area contributed by atoms with Crippen molar-refractivity contribution in [3.63, 3.8) is 0 Å². The molecule has 1 N–H and O–H groups in total. The number of carbonyl (C=O) groups excluding carboxylic acids is 1. The average Bonchev–Trinajstić information content (AvgIpc) is 2.67. The van der Waals surface area contributed by atoms with Gasteiger partial charge >= 0.3 is 0 Å². The Labute approximate surface area is 142 Å². The molecule has 0 saturated carbocycles. The number of aromatic nitrogens is 2. The highest BCUT2D eigenvalue weighted by atomic mass is 16.1. The largest absolute Gasteiger partial charge is 0.345 e. The topological polar surface area (TPSA) is 58.1 Å². The van der Waals surface area contributed by atoms with Crippen molar-refractivity contribution in [3.8, 4) is 11.8 Å². The first-order valence-electron chi connectivity index (χ1n) is 8.16. The maximum absolute atomic E-state index is 12.2. The third kappa shape index (κ3) is 4.32. The molecule has 0 aliphatic carbocycles. The van der Waals surface area contributed by atoms with Gasteiger partial charge in [-0.25, -0.2) is 9.97 Å². The van der Waals surface area contributed by atoms with E-state index < -0.39 is 0 Å². The van der Waals surface area contributed by atoms with Gasteiger partial charge in [-0.1, -0.05) is 30.0 Å². The van der Waals surface area contributed by atoms with E-state index in [9.17, 15) is 4.79 Å². The van der Waals surface area contributed by atoms with E-state index in [-0.39, 0.29) is 11.8 Å². The highest BCUT2D eigenvalue weighted by Gasteiger charge is 2.25. The van der Waals surface area contributed by atoms with Crippen molar-refractivity contribution >= 4 is 11.9 Å². The molecule has 1 fully saturated rings. The Morgan fingerprint density at radius 2 is 1.83 bits per heavy atom. The molecular weight excluding hydrogens is 300 g/mol. The standard InChI is InChI=1S/C19H20N4O/c24-18(20-11-4-8-16-6-2-1-3-7-16)17-9-14-23(15-10-17)19-21-12-5-13-22-19/h1-3,5-7,12-13,17H,9-11,14-15H2,(H,20,24). The van der Waals surface area contributed by atoms with Gasteiger partial charge in [0.15, 0.2) is 0 Å². The quantitative estimate of drug-likeness (QED) is 0.877. The van der Waals surface area contributed by atoms with Crippen LogP contribution in [0, 0.1) is 17.8 Å². The zero-order valence-corrected chi connectivity index (χ0v) is 13.5. The predicted octanol–water partition coefficient (Wildman–Crippen LogP) is 1.86. The molecule has 1 aliphatic rings. The molecule has 1 aromatic heterocycles. The number of benzene rings is 1. The van der Waals surface area contributed by atoms with E-state index in [1.165, 1.54) is 0 Å². The van der Waals surface area contributed by atoms with Gasteiger partial charge < -0.3 is 10.2 Å². The lowest BCUT2D eigenvalue weighted by atomic mass is 9.96. The summed E-state index contributed by atoms with van der Waals surface area (Å²) in [6.45, 7) is 1.99. The fourth-order valence-electron chi connectivity index (χ4n) is 2.74. The van der Waals surface area contributed by atoms with Crippen LogP contribution in [0.15, 0.2) is 48.8 Å². The van der Waals surface area contributed by atoms with Gasteiger partial charge in [0.2, 0.25) is 11.9 Å². The Morgan fingerprint density at radius 3 is 2.54 bits per heavy atom. The number of anilines is 1. The number of piperidine rings is 1. The van der Waals surface area contributed by atoms with Gasteiger partial charge in [0.25, 0.3) is 0 Å². The number of hydrogen-bond acceptors (Lipinski definition) is 4. The molecule has 0 unspecified atom stereocenters. The number of rotatable bonds is 3. The molecule has 122 valence electrons. The van der Waals surface area contributed by atoms with Crippen LogP contribution in [0.2, 0.25) is 0 Å². The average molecular weight is 320 g/mol. The third-order valence-corrected chi connectivity index (χ3v) is 4.06. The Bertz CT molecular complexity index is 713. The van der Waals surface area contributed by atoms with Gasteiger partial charge in [0, 0.05) is 37.0 Å². The molecule has 2 heterocycles. The van der Waals surface area contributed by atoms with E-state index >= 15 is 0 Å². The zero-order chi connectivity index (χ0) is 16.6. The van der Waals surface area contributed by atoms with E-state index in [0.717, 1.165) is 37.4 Å². The van der Waals surface area contributed by atoms with Gasteiger partial charge in [-0.3, -0.25) is 4.79 Å². The van der Waals surface area contributed by atoms with E-state index in [4.69, 9.17) is 0 Å². The first-order valence-corrected chi connectivity index (χ1v) is 8.16. The number of carbonyl (C=O) groups is 1. The van der Waals surface area contributed by atoms with Crippen molar-refractivity contribution in [3.05, 3.63) is 54.4 Å². The number of amides is 1. The Kier molecular flexibility index (Phi) is 5.41. The summed E-state index contributed by atoms with van der Waals surface area (Å²) in [6, 6.07) is 11.6. The van der Waals surface area contributed by atoms with Crippen molar-refractivity contribution in [2.24, 2.45) is 5.92 Å². The second kappa shape index (κ2) is 8.11.